The number of aliphatic carboxylic acids is 1. The van der Waals surface area contributed by atoms with Crippen molar-refractivity contribution in [2.45, 2.75) is 31.6 Å². The van der Waals surface area contributed by atoms with Crippen molar-refractivity contribution in [3.05, 3.63) is 30.4 Å². The third kappa shape index (κ3) is 3.60. The van der Waals surface area contributed by atoms with Gasteiger partial charge in [-0.15, -0.1) is 0 Å². The summed E-state index contributed by atoms with van der Waals surface area (Å²) < 4.78 is 3.86. The summed E-state index contributed by atoms with van der Waals surface area (Å²) in [4.78, 5) is 15.0. The zero-order chi connectivity index (χ0) is 13.8. The van der Waals surface area contributed by atoms with Gasteiger partial charge in [-0.2, -0.15) is 5.10 Å². The topological polar surface area (TPSA) is 72.9 Å². The Morgan fingerprint density at radius 3 is 3.00 bits per heavy atom. The Labute approximate surface area is 115 Å². The van der Waals surface area contributed by atoms with Gasteiger partial charge in [0.2, 0.25) is 0 Å². The number of rotatable bonds is 6. The number of thioether (sulfide) groups is 1. The second-order valence-electron chi connectivity index (χ2n) is 4.33. The number of carboxylic acids is 1. The van der Waals surface area contributed by atoms with Gasteiger partial charge in [0.15, 0.2) is 5.16 Å². The van der Waals surface area contributed by atoms with Crippen molar-refractivity contribution in [3.8, 4) is 0 Å². The summed E-state index contributed by atoms with van der Waals surface area (Å²) in [5.41, 5.74) is 0.889. The van der Waals surface area contributed by atoms with Gasteiger partial charge in [0.1, 0.15) is 0 Å². The molecule has 19 heavy (non-hydrogen) atoms. The van der Waals surface area contributed by atoms with Gasteiger partial charge in [-0.3, -0.25) is 9.48 Å². The number of aromatic nitrogens is 4. The van der Waals surface area contributed by atoms with Gasteiger partial charge < -0.3 is 9.67 Å². The minimum atomic E-state index is -0.836. The molecule has 2 rings (SSSR count). The van der Waals surface area contributed by atoms with E-state index in [9.17, 15) is 4.79 Å². The summed E-state index contributed by atoms with van der Waals surface area (Å²) >= 11 is 1.24. The molecule has 1 unspecified atom stereocenters. The highest BCUT2D eigenvalue weighted by Gasteiger charge is 2.14. The molecule has 0 aromatic carbocycles. The van der Waals surface area contributed by atoms with E-state index in [2.05, 4.69) is 17.0 Å². The Hall–Kier alpha value is -1.76. The van der Waals surface area contributed by atoms with Crippen LogP contribution in [0.4, 0.5) is 0 Å². The first-order valence-electron chi connectivity index (χ1n) is 5.93. The van der Waals surface area contributed by atoms with Gasteiger partial charge in [-0.1, -0.05) is 11.8 Å². The number of imidazole rings is 1. The zero-order valence-electron chi connectivity index (χ0n) is 10.9. The van der Waals surface area contributed by atoms with Crippen molar-refractivity contribution >= 4 is 17.7 Å². The van der Waals surface area contributed by atoms with E-state index < -0.39 is 5.97 Å². The summed E-state index contributed by atoms with van der Waals surface area (Å²) in [5.74, 6) is -0.817. The van der Waals surface area contributed by atoms with Crippen LogP contribution in [0.3, 0.4) is 0 Å². The van der Waals surface area contributed by atoms with Crippen LogP contribution in [0.2, 0.25) is 0 Å². The summed E-state index contributed by atoms with van der Waals surface area (Å²) in [6, 6.07) is 2.05. The summed E-state index contributed by atoms with van der Waals surface area (Å²) in [5, 5.41) is 13.7. The Morgan fingerprint density at radius 1 is 1.58 bits per heavy atom. The Morgan fingerprint density at radius 2 is 2.37 bits per heavy atom. The highest BCUT2D eigenvalue weighted by atomic mass is 32.2. The summed E-state index contributed by atoms with van der Waals surface area (Å²) in [6.45, 7) is 4.69. The lowest BCUT2D eigenvalue weighted by atomic mass is 10.3. The molecule has 0 amide bonds. The molecule has 1 atom stereocenters. The van der Waals surface area contributed by atoms with Crippen LogP contribution in [-0.4, -0.2) is 36.2 Å². The maximum absolute atomic E-state index is 10.6. The third-order valence-corrected chi connectivity index (χ3v) is 3.58. The molecular formula is C12H16N4O2S. The smallest absolute Gasteiger partial charge is 0.313 e. The Kier molecular flexibility index (Phi) is 4.26. The third-order valence-electron chi connectivity index (χ3n) is 2.63. The van der Waals surface area contributed by atoms with Crippen molar-refractivity contribution in [2.75, 3.05) is 5.75 Å². The molecule has 1 N–H and O–H groups in total. The first-order valence-corrected chi connectivity index (χ1v) is 6.92. The molecule has 0 fully saturated rings. The zero-order valence-corrected chi connectivity index (χ0v) is 11.7. The van der Waals surface area contributed by atoms with Gasteiger partial charge in [-0.05, 0) is 19.9 Å². The summed E-state index contributed by atoms with van der Waals surface area (Å²) in [7, 11) is 0. The lowest BCUT2D eigenvalue weighted by Crippen LogP contribution is -2.14. The predicted octanol–water partition coefficient (Wildman–Crippen LogP) is 1.83. The van der Waals surface area contributed by atoms with Gasteiger partial charge in [-0.25, -0.2) is 4.98 Å². The molecule has 6 nitrogen and oxygen atoms in total. The summed E-state index contributed by atoms with van der Waals surface area (Å²) in [6.07, 6.45) is 5.59. The Balaban J connectivity index is 2.11. The maximum atomic E-state index is 10.6. The molecule has 7 heteroatoms. The molecule has 2 aromatic rings. The maximum Gasteiger partial charge on any atom is 0.313 e. The van der Waals surface area contributed by atoms with Crippen molar-refractivity contribution in [1.82, 2.24) is 19.3 Å². The quantitative estimate of drug-likeness (QED) is 0.817. The highest BCUT2D eigenvalue weighted by molar-refractivity contribution is 7.99. The van der Waals surface area contributed by atoms with Gasteiger partial charge in [0, 0.05) is 18.6 Å². The Bertz CT molecular complexity index is 550. The van der Waals surface area contributed by atoms with Crippen LogP contribution in [0.5, 0.6) is 0 Å². The van der Waals surface area contributed by atoms with Crippen LogP contribution in [-0.2, 0) is 11.3 Å². The van der Waals surface area contributed by atoms with E-state index in [1.54, 1.807) is 6.20 Å². The van der Waals surface area contributed by atoms with E-state index in [0.717, 1.165) is 17.4 Å². The van der Waals surface area contributed by atoms with Crippen molar-refractivity contribution in [3.63, 3.8) is 0 Å². The molecule has 2 aromatic heterocycles. The van der Waals surface area contributed by atoms with Crippen molar-refractivity contribution < 1.29 is 9.90 Å². The van der Waals surface area contributed by atoms with Gasteiger partial charge in [0.05, 0.1) is 24.0 Å². The average molecular weight is 280 g/mol. The number of nitrogens with zero attached hydrogens (tertiary/aromatic N) is 4. The molecule has 0 aliphatic heterocycles. The lowest BCUT2D eigenvalue weighted by molar-refractivity contribution is -0.133. The standard InChI is InChI=1S/C12H16N4O2S/c1-9-6-16(12(14-9)19-8-11(17)18)10(2)7-15-5-3-4-13-15/h3-6,10H,7-8H2,1-2H3,(H,17,18). The molecular weight excluding hydrogens is 264 g/mol. The molecule has 0 aliphatic carbocycles. The lowest BCUT2D eigenvalue weighted by Gasteiger charge is -2.15. The normalized spacial score (nSPS) is 12.5. The molecule has 0 radical (unpaired) electrons. The predicted molar refractivity (Wildman–Crippen MR) is 72.3 cm³/mol. The van der Waals surface area contributed by atoms with Crippen LogP contribution in [0.25, 0.3) is 0 Å². The minimum Gasteiger partial charge on any atom is -0.481 e. The fraction of sp³-hybridized carbons (Fsp3) is 0.417. The van der Waals surface area contributed by atoms with E-state index in [4.69, 9.17) is 5.11 Å². The molecule has 0 saturated heterocycles. The second kappa shape index (κ2) is 5.92. The molecule has 0 spiro atoms. The minimum absolute atomic E-state index is 0.0188. The molecule has 102 valence electrons. The van der Waals surface area contributed by atoms with E-state index >= 15 is 0 Å². The van der Waals surface area contributed by atoms with E-state index in [1.807, 2.05) is 34.6 Å². The SMILES string of the molecule is Cc1cn(C(C)Cn2cccn2)c(SCC(=O)O)n1. The van der Waals surface area contributed by atoms with E-state index in [0.29, 0.717) is 0 Å². The first-order chi connectivity index (χ1) is 9.06. The second-order valence-corrected chi connectivity index (χ2v) is 5.27. The molecule has 0 aliphatic rings. The van der Waals surface area contributed by atoms with Crippen LogP contribution in [0.1, 0.15) is 18.7 Å². The molecule has 0 saturated carbocycles. The highest BCUT2D eigenvalue weighted by Crippen LogP contribution is 2.22. The van der Waals surface area contributed by atoms with E-state index in [-0.39, 0.29) is 11.8 Å². The number of hydrogen-bond donors (Lipinski definition) is 1. The number of carboxylic acid groups (broad SMARTS) is 1. The van der Waals surface area contributed by atoms with Crippen molar-refractivity contribution in [1.29, 1.82) is 0 Å². The first kappa shape index (κ1) is 13.7. The van der Waals surface area contributed by atoms with Crippen LogP contribution < -0.4 is 0 Å². The number of aryl methyl sites for hydroxylation is 1. The fourth-order valence-corrected chi connectivity index (χ4v) is 2.65. The number of carbonyl (C=O) groups is 1. The number of hydrogen-bond acceptors (Lipinski definition) is 4. The largest absolute Gasteiger partial charge is 0.481 e. The van der Waals surface area contributed by atoms with Crippen LogP contribution in [0, 0.1) is 6.92 Å². The van der Waals surface area contributed by atoms with Gasteiger partial charge >= 0.3 is 5.97 Å². The molecule has 0 bridgehead atoms. The van der Waals surface area contributed by atoms with Crippen LogP contribution in [0.15, 0.2) is 29.8 Å². The average Bonchev–Trinajstić information content (AvgIpc) is 2.95. The van der Waals surface area contributed by atoms with Crippen molar-refractivity contribution in [2.24, 2.45) is 0 Å². The van der Waals surface area contributed by atoms with E-state index in [1.165, 1.54) is 11.8 Å². The molecule has 2 heterocycles. The fourth-order valence-electron chi connectivity index (χ4n) is 1.81. The monoisotopic (exact) mass is 280 g/mol. The van der Waals surface area contributed by atoms with Gasteiger partial charge in [0.25, 0.3) is 0 Å². The van der Waals surface area contributed by atoms with Crippen LogP contribution >= 0.6 is 11.8 Å².